The van der Waals surface area contributed by atoms with Crippen molar-refractivity contribution in [3.8, 4) is 0 Å². The summed E-state index contributed by atoms with van der Waals surface area (Å²) in [5, 5.41) is 2.65. The van der Waals surface area contributed by atoms with Gasteiger partial charge in [-0.05, 0) is 25.5 Å². The Hall–Kier alpha value is -1.67. The normalized spacial score (nSPS) is 19.1. The summed E-state index contributed by atoms with van der Waals surface area (Å²) in [4.78, 5) is 10.9. The van der Waals surface area contributed by atoms with Crippen LogP contribution in [0.25, 0.3) is 0 Å². The molecule has 1 aromatic rings. The molecule has 0 radical (unpaired) electrons. The van der Waals surface area contributed by atoms with Crippen molar-refractivity contribution in [1.82, 2.24) is 10.0 Å². The zero-order valence-electron chi connectivity index (χ0n) is 10.9. The van der Waals surface area contributed by atoms with E-state index in [-0.39, 0.29) is 34.6 Å². The van der Waals surface area contributed by atoms with E-state index < -0.39 is 15.8 Å². The molecule has 0 saturated carbocycles. The molecule has 0 aromatic heterocycles. The third-order valence-electron chi connectivity index (χ3n) is 3.21. The van der Waals surface area contributed by atoms with E-state index in [9.17, 15) is 17.6 Å². The van der Waals surface area contributed by atoms with Crippen LogP contribution in [-0.2, 0) is 14.8 Å². The Kier molecular flexibility index (Phi) is 3.96. The highest BCUT2D eigenvalue weighted by atomic mass is 32.2. The fourth-order valence-electron chi connectivity index (χ4n) is 2.07. The van der Waals surface area contributed by atoms with Crippen molar-refractivity contribution in [2.24, 2.45) is 0 Å². The van der Waals surface area contributed by atoms with E-state index in [0.717, 1.165) is 6.07 Å². The van der Waals surface area contributed by atoms with Crippen LogP contribution >= 0.6 is 0 Å². The highest BCUT2D eigenvalue weighted by Crippen LogP contribution is 2.21. The first-order valence-corrected chi connectivity index (χ1v) is 7.62. The molecule has 1 aromatic carbocycles. The second kappa shape index (κ2) is 5.37. The Balaban J connectivity index is 2.16. The molecular formula is C12H16FN3O3S. The SMILES string of the molecule is Cc1c(F)cc(N)cc1S(=O)(=O)NCC1CCC(=O)N1. The molecule has 1 aliphatic rings. The first-order chi connectivity index (χ1) is 9.29. The Morgan fingerprint density at radius 2 is 2.20 bits per heavy atom. The number of amides is 1. The van der Waals surface area contributed by atoms with Gasteiger partial charge in [0.1, 0.15) is 5.82 Å². The molecule has 1 heterocycles. The van der Waals surface area contributed by atoms with E-state index >= 15 is 0 Å². The molecule has 20 heavy (non-hydrogen) atoms. The minimum Gasteiger partial charge on any atom is -0.399 e. The highest BCUT2D eigenvalue weighted by molar-refractivity contribution is 7.89. The predicted molar refractivity (Wildman–Crippen MR) is 71.9 cm³/mol. The molecule has 1 unspecified atom stereocenters. The fraction of sp³-hybridized carbons (Fsp3) is 0.417. The molecule has 1 atom stereocenters. The number of hydrogen-bond donors (Lipinski definition) is 3. The molecule has 0 spiro atoms. The van der Waals surface area contributed by atoms with Gasteiger partial charge in [0.05, 0.1) is 4.90 Å². The largest absolute Gasteiger partial charge is 0.399 e. The van der Waals surface area contributed by atoms with Crippen molar-refractivity contribution in [2.45, 2.75) is 30.7 Å². The average molecular weight is 301 g/mol. The molecule has 0 aliphatic carbocycles. The minimum absolute atomic E-state index is 0.0159. The number of nitrogens with two attached hydrogens (primary N) is 1. The van der Waals surface area contributed by atoms with Gasteiger partial charge in [-0.2, -0.15) is 0 Å². The Morgan fingerprint density at radius 3 is 2.80 bits per heavy atom. The molecule has 1 saturated heterocycles. The van der Waals surface area contributed by atoms with Crippen LogP contribution in [0.5, 0.6) is 0 Å². The van der Waals surface area contributed by atoms with Crippen molar-refractivity contribution < 1.29 is 17.6 Å². The molecule has 2 rings (SSSR count). The van der Waals surface area contributed by atoms with Crippen molar-refractivity contribution >= 4 is 21.6 Å². The van der Waals surface area contributed by atoms with E-state index in [1.54, 1.807) is 0 Å². The van der Waals surface area contributed by atoms with Crippen LogP contribution in [-0.4, -0.2) is 26.9 Å². The van der Waals surface area contributed by atoms with Crippen molar-refractivity contribution in [3.63, 3.8) is 0 Å². The maximum Gasteiger partial charge on any atom is 0.241 e. The summed E-state index contributed by atoms with van der Waals surface area (Å²) in [7, 11) is -3.86. The van der Waals surface area contributed by atoms with Gasteiger partial charge in [0, 0.05) is 30.3 Å². The monoisotopic (exact) mass is 301 g/mol. The van der Waals surface area contributed by atoms with Crippen molar-refractivity contribution in [1.29, 1.82) is 0 Å². The standard InChI is InChI=1S/C12H16FN3O3S/c1-7-10(13)4-8(14)5-11(7)20(18,19)15-6-9-2-3-12(17)16-9/h4-5,9,15H,2-3,6,14H2,1H3,(H,16,17). The molecule has 1 fully saturated rings. The molecular weight excluding hydrogens is 285 g/mol. The summed E-state index contributed by atoms with van der Waals surface area (Å²) >= 11 is 0. The lowest BCUT2D eigenvalue weighted by Gasteiger charge is -2.14. The average Bonchev–Trinajstić information content (AvgIpc) is 2.77. The third-order valence-corrected chi connectivity index (χ3v) is 4.76. The van der Waals surface area contributed by atoms with Crippen LogP contribution in [0.4, 0.5) is 10.1 Å². The van der Waals surface area contributed by atoms with Crippen LogP contribution in [0, 0.1) is 12.7 Å². The molecule has 1 amide bonds. The highest BCUT2D eigenvalue weighted by Gasteiger charge is 2.25. The van der Waals surface area contributed by atoms with Crippen LogP contribution in [0.2, 0.25) is 0 Å². The number of halogens is 1. The van der Waals surface area contributed by atoms with Gasteiger partial charge in [-0.25, -0.2) is 17.5 Å². The van der Waals surface area contributed by atoms with E-state index in [2.05, 4.69) is 10.0 Å². The van der Waals surface area contributed by atoms with Gasteiger partial charge < -0.3 is 11.1 Å². The second-order valence-corrected chi connectivity index (χ2v) is 6.52. The maximum atomic E-state index is 13.5. The van der Waals surface area contributed by atoms with E-state index in [1.165, 1.54) is 13.0 Å². The van der Waals surface area contributed by atoms with E-state index in [0.29, 0.717) is 12.8 Å². The summed E-state index contributed by atoms with van der Waals surface area (Å²) in [6, 6.07) is 2.06. The van der Waals surface area contributed by atoms with Gasteiger partial charge in [-0.1, -0.05) is 0 Å². The Morgan fingerprint density at radius 1 is 1.50 bits per heavy atom. The summed E-state index contributed by atoms with van der Waals surface area (Å²) in [5.41, 5.74) is 5.53. The smallest absolute Gasteiger partial charge is 0.241 e. The van der Waals surface area contributed by atoms with Crippen LogP contribution in [0.15, 0.2) is 17.0 Å². The van der Waals surface area contributed by atoms with Crippen LogP contribution in [0.1, 0.15) is 18.4 Å². The number of sulfonamides is 1. The number of carbonyl (C=O) groups excluding carboxylic acids is 1. The summed E-state index contributed by atoms with van der Waals surface area (Å²) in [5.74, 6) is -0.764. The van der Waals surface area contributed by atoms with Crippen molar-refractivity contribution in [3.05, 3.63) is 23.5 Å². The number of rotatable bonds is 4. The first kappa shape index (κ1) is 14.7. The van der Waals surface area contributed by atoms with E-state index in [4.69, 9.17) is 5.73 Å². The van der Waals surface area contributed by atoms with Gasteiger partial charge in [0.2, 0.25) is 15.9 Å². The predicted octanol–water partition coefficient (Wildman–Crippen LogP) is 0.273. The molecule has 0 bridgehead atoms. The van der Waals surface area contributed by atoms with Gasteiger partial charge in [0.15, 0.2) is 0 Å². The summed E-state index contributed by atoms with van der Waals surface area (Å²) in [6.07, 6.45) is 0.962. The fourth-order valence-corrected chi connectivity index (χ4v) is 3.44. The lowest BCUT2D eigenvalue weighted by Crippen LogP contribution is -2.38. The third kappa shape index (κ3) is 3.07. The van der Waals surface area contributed by atoms with Gasteiger partial charge in [-0.15, -0.1) is 0 Å². The Bertz CT molecular complexity index is 646. The number of anilines is 1. The number of nitrogen functional groups attached to an aromatic ring is 1. The maximum absolute atomic E-state index is 13.5. The zero-order valence-corrected chi connectivity index (χ0v) is 11.8. The van der Waals surface area contributed by atoms with E-state index in [1.807, 2.05) is 0 Å². The molecule has 6 nitrogen and oxygen atoms in total. The quantitative estimate of drug-likeness (QED) is 0.695. The topological polar surface area (TPSA) is 101 Å². The lowest BCUT2D eigenvalue weighted by molar-refractivity contribution is -0.119. The molecule has 4 N–H and O–H groups in total. The lowest BCUT2D eigenvalue weighted by atomic mass is 10.2. The number of benzene rings is 1. The zero-order chi connectivity index (χ0) is 14.9. The minimum atomic E-state index is -3.86. The van der Waals surface area contributed by atoms with Crippen LogP contribution < -0.4 is 15.8 Å². The first-order valence-electron chi connectivity index (χ1n) is 6.14. The number of nitrogens with one attached hydrogen (secondary N) is 2. The van der Waals surface area contributed by atoms with Gasteiger partial charge >= 0.3 is 0 Å². The molecule has 8 heteroatoms. The van der Waals surface area contributed by atoms with Crippen molar-refractivity contribution in [2.75, 3.05) is 12.3 Å². The number of carbonyl (C=O) groups is 1. The van der Waals surface area contributed by atoms with Gasteiger partial charge in [0.25, 0.3) is 0 Å². The summed E-state index contributed by atoms with van der Waals surface area (Å²) in [6.45, 7) is 1.45. The number of hydrogen-bond acceptors (Lipinski definition) is 4. The van der Waals surface area contributed by atoms with Gasteiger partial charge in [-0.3, -0.25) is 4.79 Å². The molecule has 110 valence electrons. The van der Waals surface area contributed by atoms with Crippen LogP contribution in [0.3, 0.4) is 0 Å². The molecule has 1 aliphatic heterocycles. The second-order valence-electron chi connectivity index (χ2n) is 4.78. The Labute approximate surface area is 116 Å². The summed E-state index contributed by atoms with van der Waals surface area (Å²) < 4.78 is 40.2.